The molecule has 0 saturated carbocycles. The highest BCUT2D eigenvalue weighted by Gasteiger charge is 2.19. The summed E-state index contributed by atoms with van der Waals surface area (Å²) < 4.78 is 36.2. The van der Waals surface area contributed by atoms with Crippen LogP contribution in [0.25, 0.3) is 16.9 Å². The minimum atomic E-state index is -4.94. The van der Waals surface area contributed by atoms with E-state index in [1.165, 1.54) is 22.5 Å². The zero-order chi connectivity index (χ0) is 19.2. The molecule has 9 heteroatoms. The lowest BCUT2D eigenvalue weighted by molar-refractivity contribution is -2.00. The Labute approximate surface area is 153 Å². The van der Waals surface area contributed by atoms with Gasteiger partial charge in [-0.05, 0) is 23.3 Å². The Bertz CT molecular complexity index is 790. The average Bonchev–Trinajstić information content (AvgIpc) is 3.14. The van der Waals surface area contributed by atoms with Crippen LogP contribution in [0.15, 0.2) is 48.7 Å². The highest BCUT2D eigenvalue weighted by atomic mass is 35.7. The zero-order valence-electron chi connectivity index (χ0n) is 14.4. The molecule has 26 heavy (non-hydrogen) atoms. The number of nitrogens with one attached hydrogen (secondary N) is 1. The molecule has 0 amide bonds. The molecule has 1 N–H and O–H groups in total. The van der Waals surface area contributed by atoms with Crippen LogP contribution in [0.5, 0.6) is 0 Å². The molecule has 138 valence electrons. The van der Waals surface area contributed by atoms with Gasteiger partial charge in [0.25, 0.3) is 0 Å². The van der Waals surface area contributed by atoms with Crippen molar-refractivity contribution in [2.45, 2.75) is 26.7 Å². The maximum atomic E-state index is 8.49. The first kappa shape index (κ1) is 20.0. The summed E-state index contributed by atoms with van der Waals surface area (Å²) in [7, 11) is -4.94. The number of H-pyrrole nitrogens is 1. The van der Waals surface area contributed by atoms with Gasteiger partial charge >= 0.3 is 5.82 Å². The van der Waals surface area contributed by atoms with E-state index >= 15 is 0 Å². The van der Waals surface area contributed by atoms with Crippen molar-refractivity contribution in [3.63, 3.8) is 0 Å². The van der Waals surface area contributed by atoms with Gasteiger partial charge in [-0.1, -0.05) is 44.2 Å². The molecule has 2 heterocycles. The molecule has 0 unspecified atom stereocenters. The molecule has 0 spiro atoms. The lowest BCUT2D eigenvalue weighted by atomic mass is 10.0. The number of rotatable bonds is 4. The lowest BCUT2D eigenvalue weighted by Crippen LogP contribution is -2.68. The molecule has 0 bridgehead atoms. The SMILES string of the molecule is CCc1cc(-c2ccccc2)cc(CC)[n+]1-c1cn[nH]n1.[O-][Cl+3]([O-])([O-])[O-]. The third-order valence-electron chi connectivity index (χ3n) is 3.68. The summed E-state index contributed by atoms with van der Waals surface area (Å²) in [6.45, 7) is 4.33. The van der Waals surface area contributed by atoms with Crippen LogP contribution in [0.1, 0.15) is 25.2 Å². The van der Waals surface area contributed by atoms with Crippen LogP contribution in [-0.4, -0.2) is 15.4 Å². The van der Waals surface area contributed by atoms with Crippen molar-refractivity contribution in [3.8, 4) is 16.9 Å². The minimum absolute atomic E-state index is 0.850. The fourth-order valence-corrected chi connectivity index (χ4v) is 2.63. The highest BCUT2D eigenvalue weighted by Crippen LogP contribution is 2.21. The van der Waals surface area contributed by atoms with E-state index in [0.29, 0.717) is 0 Å². The summed E-state index contributed by atoms with van der Waals surface area (Å²) in [5.74, 6) is 0.850. The third kappa shape index (κ3) is 5.58. The van der Waals surface area contributed by atoms with Crippen molar-refractivity contribution in [2.24, 2.45) is 0 Å². The predicted molar refractivity (Wildman–Crippen MR) is 82.1 cm³/mol. The molecule has 2 aromatic heterocycles. The number of halogens is 1. The van der Waals surface area contributed by atoms with Crippen LogP contribution >= 0.6 is 0 Å². The number of hydrogen-bond acceptors (Lipinski definition) is 6. The molecule has 0 aliphatic carbocycles. The minimum Gasteiger partial charge on any atom is -0.222 e. The lowest BCUT2D eigenvalue weighted by Gasteiger charge is -2.17. The highest BCUT2D eigenvalue weighted by molar-refractivity contribution is 5.63. The maximum Gasteiger partial charge on any atom is 0.375 e. The molecular formula is C17H19ClN4O4. The third-order valence-corrected chi connectivity index (χ3v) is 3.68. The quantitative estimate of drug-likeness (QED) is 0.527. The van der Waals surface area contributed by atoms with Crippen LogP contribution in [-0.2, 0) is 12.8 Å². The van der Waals surface area contributed by atoms with E-state index < -0.39 is 10.2 Å². The summed E-state index contributed by atoms with van der Waals surface area (Å²) in [6.07, 6.45) is 3.65. The van der Waals surface area contributed by atoms with Gasteiger partial charge in [-0.15, -0.1) is 20.6 Å². The molecule has 3 rings (SSSR count). The Morgan fingerprint density at radius 3 is 1.88 bits per heavy atom. The zero-order valence-corrected chi connectivity index (χ0v) is 15.1. The molecule has 8 nitrogen and oxygen atoms in total. The smallest absolute Gasteiger partial charge is 0.222 e. The topological polar surface area (TPSA) is 138 Å². The second kappa shape index (κ2) is 8.84. The van der Waals surface area contributed by atoms with E-state index in [1.54, 1.807) is 6.20 Å². The van der Waals surface area contributed by atoms with Gasteiger partial charge in [-0.3, -0.25) is 0 Å². The number of aromatic amines is 1. The predicted octanol–water partition coefficient (Wildman–Crippen LogP) is -1.88. The average molecular weight is 379 g/mol. The Hall–Kier alpha value is -2.36. The van der Waals surface area contributed by atoms with Crippen molar-refractivity contribution >= 4 is 0 Å². The number of aryl methyl sites for hydroxylation is 2. The molecule has 0 aliphatic rings. The van der Waals surface area contributed by atoms with Gasteiger partial charge in [0.15, 0.2) is 0 Å². The van der Waals surface area contributed by atoms with Crippen molar-refractivity contribution < 1.29 is 33.4 Å². The Morgan fingerprint density at radius 2 is 1.46 bits per heavy atom. The normalized spacial score (nSPS) is 11.0. The maximum absolute atomic E-state index is 8.49. The van der Waals surface area contributed by atoms with E-state index in [-0.39, 0.29) is 0 Å². The van der Waals surface area contributed by atoms with Gasteiger partial charge < -0.3 is 0 Å². The Balaban J connectivity index is 0.000000431. The van der Waals surface area contributed by atoms with E-state index in [0.717, 1.165) is 18.7 Å². The number of aromatic nitrogens is 4. The number of benzene rings is 1. The van der Waals surface area contributed by atoms with Crippen LogP contribution in [0.4, 0.5) is 0 Å². The Kier molecular flexibility index (Phi) is 6.78. The number of nitrogens with zero attached hydrogens (tertiary/aromatic N) is 3. The standard InChI is InChI=1S/C17H19N4.ClHO4/c1-3-15-10-14(13-8-6-5-7-9-13)11-16(4-2)21(15)17-12-18-20-19-17;2-1(3,4)5/h5-12H,3-4H2,1-2H3,(H,18,19,20);(H,2,3,4,5)/q+1;/p-1. The van der Waals surface area contributed by atoms with Gasteiger partial charge in [0.05, 0.1) is 5.10 Å². The summed E-state index contributed by atoms with van der Waals surface area (Å²) >= 11 is 0. The summed E-state index contributed by atoms with van der Waals surface area (Å²) in [5.41, 5.74) is 4.97. The van der Waals surface area contributed by atoms with Crippen molar-refractivity contribution in [1.82, 2.24) is 15.4 Å². The van der Waals surface area contributed by atoms with Crippen LogP contribution in [0.3, 0.4) is 0 Å². The molecular weight excluding hydrogens is 360 g/mol. The summed E-state index contributed by atoms with van der Waals surface area (Å²) in [4.78, 5) is 0. The molecule has 0 saturated heterocycles. The first-order chi connectivity index (χ1) is 12.3. The second-order valence-corrected chi connectivity index (χ2v) is 6.10. The van der Waals surface area contributed by atoms with Crippen LogP contribution in [0, 0.1) is 10.2 Å². The molecule has 0 aliphatic heterocycles. The summed E-state index contributed by atoms with van der Waals surface area (Å²) in [5, 5.41) is 10.9. The number of hydrogen-bond donors (Lipinski definition) is 1. The molecule has 1 aromatic carbocycles. The van der Waals surface area contributed by atoms with Gasteiger partial charge in [-0.25, -0.2) is 18.6 Å². The molecule has 0 fully saturated rings. The van der Waals surface area contributed by atoms with Gasteiger partial charge in [0.2, 0.25) is 0 Å². The van der Waals surface area contributed by atoms with Crippen molar-refractivity contribution in [3.05, 3.63) is 60.0 Å². The monoisotopic (exact) mass is 378 g/mol. The Morgan fingerprint density at radius 1 is 0.923 bits per heavy atom. The van der Waals surface area contributed by atoms with Gasteiger partial charge in [0, 0.05) is 12.8 Å². The first-order valence-corrected chi connectivity index (χ1v) is 9.18. The van der Waals surface area contributed by atoms with Crippen molar-refractivity contribution in [2.75, 3.05) is 0 Å². The van der Waals surface area contributed by atoms with E-state index in [9.17, 15) is 0 Å². The van der Waals surface area contributed by atoms with E-state index in [1.807, 2.05) is 6.07 Å². The van der Waals surface area contributed by atoms with Gasteiger partial charge in [-0.2, -0.15) is 4.57 Å². The fraction of sp³-hybridized carbons (Fsp3) is 0.235. The van der Waals surface area contributed by atoms with E-state index in [2.05, 4.69) is 70.2 Å². The summed E-state index contributed by atoms with van der Waals surface area (Å²) in [6, 6.07) is 15.0. The molecule has 0 radical (unpaired) electrons. The first-order valence-electron chi connectivity index (χ1n) is 7.94. The van der Waals surface area contributed by atoms with E-state index in [4.69, 9.17) is 18.6 Å². The fourth-order valence-electron chi connectivity index (χ4n) is 2.63. The molecule has 0 atom stereocenters. The van der Waals surface area contributed by atoms with Gasteiger partial charge in [0.1, 0.15) is 17.6 Å². The van der Waals surface area contributed by atoms with Crippen molar-refractivity contribution in [1.29, 1.82) is 0 Å². The molecule has 3 aromatic rings. The van der Waals surface area contributed by atoms with Crippen LogP contribution in [0.2, 0.25) is 0 Å². The largest absolute Gasteiger partial charge is 0.375 e. The van der Waals surface area contributed by atoms with Crippen LogP contribution < -0.4 is 23.2 Å². The second-order valence-electron chi connectivity index (χ2n) is 5.34. The number of pyridine rings is 1.